The number of nitrogens with one attached hydrogen (secondary N) is 1. The van der Waals surface area contributed by atoms with Crippen molar-refractivity contribution in [3.8, 4) is 0 Å². The number of anilines is 1. The zero-order chi connectivity index (χ0) is 8.55. The van der Waals surface area contributed by atoms with Gasteiger partial charge in [-0.3, -0.25) is 0 Å². The van der Waals surface area contributed by atoms with Crippen LogP contribution in [0.5, 0.6) is 0 Å². The summed E-state index contributed by atoms with van der Waals surface area (Å²) in [6.45, 7) is 0. The lowest BCUT2D eigenvalue weighted by molar-refractivity contribution is 0.689. The van der Waals surface area contributed by atoms with Crippen molar-refractivity contribution in [3.63, 3.8) is 0 Å². The number of hydrogen-bond acceptors (Lipinski definition) is 3. The van der Waals surface area contributed by atoms with E-state index in [0.29, 0.717) is 0 Å². The fourth-order valence-electron chi connectivity index (χ4n) is 1.72. The van der Waals surface area contributed by atoms with Crippen LogP contribution in [0, 0.1) is 0 Å². The van der Waals surface area contributed by atoms with Gasteiger partial charge in [-0.15, -0.1) is 24.0 Å². The van der Waals surface area contributed by atoms with Gasteiger partial charge in [-0.25, -0.2) is 0 Å². The average molecular weight is 199 g/mol. The highest BCUT2D eigenvalue weighted by Crippen LogP contribution is 2.39. The van der Waals surface area contributed by atoms with Crippen molar-refractivity contribution < 1.29 is 0 Å². The maximum atomic E-state index is 4.53. The Morgan fingerprint density at radius 1 is 1.33 bits per heavy atom. The molecule has 1 aliphatic rings. The smallest absolute Gasteiger partial charge is 0.102 e. The molecule has 0 unspecified atom stereocenters. The number of rotatable bonds is 1. The van der Waals surface area contributed by atoms with Crippen molar-refractivity contribution in [2.75, 3.05) is 12.4 Å². The molecule has 0 bridgehead atoms. The molecule has 1 nitrogen and oxygen atoms in total. The summed E-state index contributed by atoms with van der Waals surface area (Å²) in [4.78, 5) is 2.74. The highest BCUT2D eigenvalue weighted by Gasteiger charge is 2.17. The predicted octanol–water partition coefficient (Wildman–Crippen LogP) is 2.96. The van der Waals surface area contributed by atoms with Gasteiger partial charge in [0.25, 0.3) is 0 Å². The molecule has 2 rings (SSSR count). The van der Waals surface area contributed by atoms with E-state index in [-0.39, 0.29) is 0 Å². The lowest BCUT2D eigenvalue weighted by Crippen LogP contribution is -1.98. The van der Waals surface area contributed by atoms with Crippen molar-refractivity contribution in [1.29, 1.82) is 0 Å². The first-order valence-corrected chi connectivity index (χ1v) is 5.60. The minimum Gasteiger partial charge on any atom is -0.379 e. The Morgan fingerprint density at radius 3 is 2.75 bits per heavy atom. The van der Waals surface area contributed by atoms with Crippen LogP contribution in [0.2, 0.25) is 0 Å². The second-order valence-corrected chi connectivity index (χ2v) is 4.69. The fourth-order valence-corrected chi connectivity index (χ4v) is 3.43. The molecule has 0 radical (unpaired) electrons. The Kier molecular flexibility index (Phi) is 2.33. The first-order chi connectivity index (χ1) is 5.83. The number of thiol groups is 1. The summed E-state index contributed by atoms with van der Waals surface area (Å²) < 4.78 is 0. The number of aryl methyl sites for hydroxylation is 1. The highest BCUT2D eigenvalue weighted by atomic mass is 32.1. The average Bonchev–Trinajstić information content (AvgIpc) is 2.44. The van der Waals surface area contributed by atoms with E-state index in [1.54, 1.807) is 4.88 Å². The third kappa shape index (κ3) is 1.25. The van der Waals surface area contributed by atoms with Crippen molar-refractivity contribution in [2.24, 2.45) is 0 Å². The summed E-state index contributed by atoms with van der Waals surface area (Å²) in [7, 11) is 1.97. The largest absolute Gasteiger partial charge is 0.379 e. The van der Waals surface area contributed by atoms with Crippen molar-refractivity contribution in [2.45, 2.75) is 30.6 Å². The third-order valence-corrected chi connectivity index (χ3v) is 4.32. The van der Waals surface area contributed by atoms with Crippen LogP contribution in [0.4, 0.5) is 5.00 Å². The van der Waals surface area contributed by atoms with Crippen LogP contribution >= 0.6 is 24.0 Å². The van der Waals surface area contributed by atoms with Crippen molar-refractivity contribution >= 4 is 29.0 Å². The molecular weight excluding hydrogens is 186 g/mol. The van der Waals surface area contributed by atoms with Gasteiger partial charge in [0.2, 0.25) is 0 Å². The second kappa shape index (κ2) is 3.30. The van der Waals surface area contributed by atoms with Gasteiger partial charge in [0.1, 0.15) is 5.00 Å². The van der Waals surface area contributed by atoms with E-state index in [1.165, 1.54) is 41.1 Å². The van der Waals surface area contributed by atoms with Crippen molar-refractivity contribution in [3.05, 3.63) is 10.4 Å². The first kappa shape index (κ1) is 8.45. The van der Waals surface area contributed by atoms with Gasteiger partial charge in [0, 0.05) is 16.8 Å². The molecule has 1 heterocycles. The van der Waals surface area contributed by atoms with E-state index in [1.807, 2.05) is 18.4 Å². The van der Waals surface area contributed by atoms with Gasteiger partial charge >= 0.3 is 0 Å². The molecule has 12 heavy (non-hydrogen) atoms. The third-order valence-electron chi connectivity index (χ3n) is 2.37. The summed E-state index contributed by atoms with van der Waals surface area (Å²) in [5.74, 6) is 0. The molecule has 0 spiro atoms. The van der Waals surface area contributed by atoms with Crippen LogP contribution in [-0.2, 0) is 12.8 Å². The Morgan fingerprint density at radius 2 is 2.08 bits per heavy atom. The lowest BCUT2D eigenvalue weighted by Gasteiger charge is -2.10. The highest BCUT2D eigenvalue weighted by molar-refractivity contribution is 7.80. The zero-order valence-corrected chi connectivity index (χ0v) is 8.89. The molecule has 66 valence electrons. The molecule has 1 aliphatic carbocycles. The number of fused-ring (bicyclic) bond motifs is 1. The van der Waals surface area contributed by atoms with Gasteiger partial charge in [-0.05, 0) is 31.2 Å². The normalized spacial score (nSPS) is 15.8. The molecule has 0 aromatic carbocycles. The Bertz CT molecular complexity index is 291. The van der Waals surface area contributed by atoms with E-state index >= 15 is 0 Å². The molecule has 1 aromatic rings. The van der Waals surface area contributed by atoms with Crippen LogP contribution in [0.3, 0.4) is 0 Å². The zero-order valence-electron chi connectivity index (χ0n) is 7.18. The van der Waals surface area contributed by atoms with Gasteiger partial charge < -0.3 is 5.32 Å². The van der Waals surface area contributed by atoms with Crippen LogP contribution in [0.1, 0.15) is 23.3 Å². The summed E-state index contributed by atoms with van der Waals surface area (Å²) in [5.41, 5.74) is 1.50. The standard InChI is InChI=1S/C9H13NS2/c1-10-9-8(11)6-4-2-3-5-7(6)12-9/h10-11H,2-5H2,1H3. The molecule has 0 aliphatic heterocycles. The van der Waals surface area contributed by atoms with Gasteiger partial charge in [-0.1, -0.05) is 0 Å². The minimum absolute atomic E-state index is 1.19. The molecule has 0 saturated heterocycles. The monoisotopic (exact) mass is 199 g/mol. The molecule has 0 fully saturated rings. The SMILES string of the molecule is CNc1sc2c(c1S)CCCC2. The van der Waals surface area contributed by atoms with E-state index in [4.69, 9.17) is 0 Å². The van der Waals surface area contributed by atoms with Crippen molar-refractivity contribution in [1.82, 2.24) is 0 Å². The van der Waals surface area contributed by atoms with Gasteiger partial charge in [-0.2, -0.15) is 0 Å². The van der Waals surface area contributed by atoms with Gasteiger partial charge in [0.05, 0.1) is 0 Å². The summed E-state index contributed by atoms with van der Waals surface area (Å²) in [6.07, 6.45) is 5.17. The van der Waals surface area contributed by atoms with Gasteiger partial charge in [0.15, 0.2) is 0 Å². The molecule has 0 amide bonds. The maximum Gasteiger partial charge on any atom is 0.102 e. The summed E-state index contributed by atoms with van der Waals surface area (Å²) in [6, 6.07) is 0. The van der Waals surface area contributed by atoms with E-state index in [0.717, 1.165) is 0 Å². The van der Waals surface area contributed by atoms with E-state index < -0.39 is 0 Å². The van der Waals surface area contributed by atoms with E-state index in [2.05, 4.69) is 17.9 Å². The lowest BCUT2D eigenvalue weighted by atomic mass is 9.99. The Labute approximate surface area is 82.6 Å². The summed E-state index contributed by atoms with van der Waals surface area (Å²) in [5, 5.41) is 4.44. The second-order valence-electron chi connectivity index (χ2n) is 3.14. The molecule has 0 saturated carbocycles. The minimum atomic E-state index is 1.19. The van der Waals surface area contributed by atoms with Crippen LogP contribution < -0.4 is 5.32 Å². The fraction of sp³-hybridized carbons (Fsp3) is 0.556. The number of hydrogen-bond donors (Lipinski definition) is 2. The first-order valence-electron chi connectivity index (χ1n) is 4.34. The quantitative estimate of drug-likeness (QED) is 0.663. The maximum absolute atomic E-state index is 4.53. The van der Waals surface area contributed by atoms with Crippen LogP contribution in [0.15, 0.2) is 4.90 Å². The Hall–Kier alpha value is -0.150. The molecule has 1 aromatic heterocycles. The van der Waals surface area contributed by atoms with Crippen LogP contribution in [-0.4, -0.2) is 7.05 Å². The van der Waals surface area contributed by atoms with E-state index in [9.17, 15) is 0 Å². The summed E-state index contributed by atoms with van der Waals surface area (Å²) >= 11 is 6.40. The molecule has 0 atom stereocenters. The number of thiophene rings is 1. The predicted molar refractivity (Wildman–Crippen MR) is 57.8 cm³/mol. The molecular formula is C9H13NS2. The molecule has 3 heteroatoms. The Balaban J connectivity index is 2.44. The topological polar surface area (TPSA) is 12.0 Å². The van der Waals surface area contributed by atoms with Crippen LogP contribution in [0.25, 0.3) is 0 Å². The molecule has 1 N–H and O–H groups in total.